The van der Waals surface area contributed by atoms with Gasteiger partial charge in [-0.05, 0) is 55.3 Å². The van der Waals surface area contributed by atoms with Gasteiger partial charge in [-0.2, -0.15) is 15.6 Å². The average Bonchev–Trinajstić information content (AvgIpc) is 2.58. The molecule has 0 amide bonds. The monoisotopic (exact) mass is 302 g/mol. The van der Waals surface area contributed by atoms with E-state index < -0.39 is 0 Å². The number of hydrogen-bond acceptors (Lipinski definition) is 5. The molecule has 2 aromatic carbocycles. The minimum absolute atomic E-state index is 0.0575. The molecule has 5 nitrogen and oxygen atoms in total. The molecule has 0 atom stereocenters. The van der Waals surface area contributed by atoms with Crippen molar-refractivity contribution in [2.75, 3.05) is 5.43 Å². The smallest absolute Gasteiger partial charge is 0.237 e. The van der Waals surface area contributed by atoms with Crippen molar-refractivity contribution >= 4 is 17.2 Å². The van der Waals surface area contributed by atoms with E-state index in [2.05, 4.69) is 10.5 Å². The van der Waals surface area contributed by atoms with Crippen molar-refractivity contribution in [2.24, 2.45) is 5.10 Å². The van der Waals surface area contributed by atoms with Gasteiger partial charge in [0, 0.05) is 11.1 Å². The first kappa shape index (κ1) is 15.9. The maximum atomic E-state index is 12.4. The molecule has 0 saturated heterocycles. The van der Waals surface area contributed by atoms with Gasteiger partial charge in [-0.3, -0.25) is 10.2 Å². The first-order chi connectivity index (χ1) is 11.0. The third-order valence-corrected chi connectivity index (χ3v) is 3.42. The first-order valence-electron chi connectivity index (χ1n) is 6.91. The molecular weight excluding hydrogens is 288 g/mol. The van der Waals surface area contributed by atoms with Gasteiger partial charge in [-0.15, -0.1) is 0 Å². The Kier molecular flexibility index (Phi) is 4.86. The van der Waals surface area contributed by atoms with Crippen molar-refractivity contribution in [3.8, 4) is 12.1 Å². The topological polar surface area (TPSA) is 89.0 Å². The van der Waals surface area contributed by atoms with E-state index in [1.165, 1.54) is 0 Å². The van der Waals surface area contributed by atoms with Gasteiger partial charge in [-0.25, -0.2) is 0 Å². The second-order valence-corrected chi connectivity index (χ2v) is 5.00. The van der Waals surface area contributed by atoms with Gasteiger partial charge < -0.3 is 0 Å². The van der Waals surface area contributed by atoms with Crippen LogP contribution in [0.3, 0.4) is 0 Å². The Labute approximate surface area is 134 Å². The van der Waals surface area contributed by atoms with E-state index in [0.717, 1.165) is 11.1 Å². The molecule has 0 aliphatic rings. The van der Waals surface area contributed by atoms with Crippen LogP contribution in [0, 0.1) is 36.5 Å². The second-order valence-electron chi connectivity index (χ2n) is 5.00. The normalized spacial score (nSPS) is 9.39. The lowest BCUT2D eigenvalue weighted by Crippen LogP contribution is -2.02. The standard InChI is InChI=1S/C18H14N4O/c1-12-3-4-15(9-13(12)2)18(23)14-5-7-16(8-6-14)21-22-17(10-19)11-20/h3-9,21H,1-2H3. The Morgan fingerprint density at radius 2 is 1.57 bits per heavy atom. The van der Waals surface area contributed by atoms with E-state index in [9.17, 15) is 4.79 Å². The Balaban J connectivity index is 2.18. The fraction of sp³-hybridized carbons (Fsp3) is 0.111. The predicted octanol–water partition coefficient (Wildman–Crippen LogP) is 3.35. The maximum Gasteiger partial charge on any atom is 0.237 e. The Morgan fingerprint density at radius 3 is 2.13 bits per heavy atom. The molecule has 0 radical (unpaired) electrons. The van der Waals surface area contributed by atoms with Gasteiger partial charge in [0.15, 0.2) is 5.78 Å². The molecule has 0 aliphatic heterocycles. The third-order valence-electron chi connectivity index (χ3n) is 3.42. The number of carbonyl (C=O) groups excluding carboxylic acids is 1. The van der Waals surface area contributed by atoms with Crippen molar-refractivity contribution in [3.05, 3.63) is 64.7 Å². The average molecular weight is 302 g/mol. The van der Waals surface area contributed by atoms with Crippen LogP contribution in [-0.2, 0) is 0 Å². The minimum atomic E-state index is -0.264. The van der Waals surface area contributed by atoms with E-state index in [0.29, 0.717) is 16.8 Å². The molecule has 0 aliphatic carbocycles. The van der Waals surface area contributed by atoms with Gasteiger partial charge in [0.25, 0.3) is 0 Å². The van der Waals surface area contributed by atoms with Gasteiger partial charge in [0.05, 0.1) is 5.69 Å². The number of aryl methyl sites for hydroxylation is 2. The summed E-state index contributed by atoms with van der Waals surface area (Å²) < 4.78 is 0. The number of carbonyl (C=O) groups is 1. The molecule has 0 spiro atoms. The molecule has 112 valence electrons. The number of nitrogens with zero attached hydrogens (tertiary/aromatic N) is 3. The number of ketones is 1. The van der Waals surface area contributed by atoms with Crippen molar-refractivity contribution in [3.63, 3.8) is 0 Å². The highest BCUT2D eigenvalue weighted by Crippen LogP contribution is 2.16. The lowest BCUT2D eigenvalue weighted by Gasteiger charge is -2.06. The number of hydrazone groups is 1. The second kappa shape index (κ2) is 7.02. The van der Waals surface area contributed by atoms with E-state index >= 15 is 0 Å². The molecule has 0 aromatic heterocycles. The molecule has 2 aromatic rings. The zero-order valence-corrected chi connectivity index (χ0v) is 12.8. The third kappa shape index (κ3) is 3.81. The van der Waals surface area contributed by atoms with Crippen LogP contribution in [0.2, 0.25) is 0 Å². The van der Waals surface area contributed by atoms with Crippen LogP contribution in [0.25, 0.3) is 0 Å². The molecule has 5 heteroatoms. The molecule has 1 N–H and O–H groups in total. The quantitative estimate of drug-likeness (QED) is 0.533. The molecule has 2 rings (SSSR count). The highest BCUT2D eigenvalue weighted by Gasteiger charge is 2.09. The highest BCUT2D eigenvalue weighted by molar-refractivity contribution is 6.10. The van der Waals surface area contributed by atoms with Gasteiger partial charge in [-0.1, -0.05) is 12.1 Å². The number of nitrogens with one attached hydrogen (secondary N) is 1. The number of rotatable bonds is 4. The van der Waals surface area contributed by atoms with Gasteiger partial charge >= 0.3 is 0 Å². The summed E-state index contributed by atoms with van der Waals surface area (Å²) in [5, 5.41) is 20.8. The predicted molar refractivity (Wildman–Crippen MR) is 88.1 cm³/mol. The first-order valence-corrected chi connectivity index (χ1v) is 6.91. The largest absolute Gasteiger partial charge is 0.289 e. The number of benzene rings is 2. The zero-order valence-electron chi connectivity index (χ0n) is 12.8. The summed E-state index contributed by atoms with van der Waals surface area (Å²) in [6.07, 6.45) is 0. The summed E-state index contributed by atoms with van der Waals surface area (Å²) >= 11 is 0. The summed E-state index contributed by atoms with van der Waals surface area (Å²) in [7, 11) is 0. The van der Waals surface area contributed by atoms with E-state index in [1.807, 2.05) is 32.0 Å². The van der Waals surface area contributed by atoms with Gasteiger partial charge in [0.2, 0.25) is 5.71 Å². The maximum absolute atomic E-state index is 12.4. The Hall–Kier alpha value is -3.44. The fourth-order valence-electron chi connectivity index (χ4n) is 1.94. The summed E-state index contributed by atoms with van der Waals surface area (Å²) in [5.74, 6) is -0.0575. The molecule has 0 fully saturated rings. The molecule has 0 bridgehead atoms. The van der Waals surface area contributed by atoms with E-state index in [4.69, 9.17) is 10.5 Å². The molecule has 0 unspecified atom stereocenters. The minimum Gasteiger partial charge on any atom is -0.289 e. The van der Waals surface area contributed by atoms with Crippen LogP contribution < -0.4 is 5.43 Å². The molecule has 0 heterocycles. The Morgan fingerprint density at radius 1 is 0.957 bits per heavy atom. The van der Waals surface area contributed by atoms with Crippen LogP contribution in [0.1, 0.15) is 27.0 Å². The van der Waals surface area contributed by atoms with Crippen molar-refractivity contribution in [1.29, 1.82) is 10.5 Å². The van der Waals surface area contributed by atoms with Crippen LogP contribution in [0.4, 0.5) is 5.69 Å². The fourth-order valence-corrected chi connectivity index (χ4v) is 1.94. The molecule has 23 heavy (non-hydrogen) atoms. The summed E-state index contributed by atoms with van der Waals surface area (Å²) in [5.41, 5.74) is 6.34. The van der Waals surface area contributed by atoms with Crippen LogP contribution in [0.5, 0.6) is 0 Å². The number of hydrogen-bond donors (Lipinski definition) is 1. The number of nitriles is 2. The summed E-state index contributed by atoms with van der Waals surface area (Å²) in [6.45, 7) is 3.97. The summed E-state index contributed by atoms with van der Waals surface area (Å²) in [4.78, 5) is 12.4. The molecular formula is C18H14N4O. The zero-order chi connectivity index (χ0) is 16.8. The van der Waals surface area contributed by atoms with Crippen molar-refractivity contribution in [2.45, 2.75) is 13.8 Å². The lowest BCUT2D eigenvalue weighted by atomic mass is 9.99. The van der Waals surface area contributed by atoms with Crippen LogP contribution in [-0.4, -0.2) is 11.5 Å². The Bertz CT molecular complexity index is 836. The van der Waals surface area contributed by atoms with E-state index in [-0.39, 0.29) is 11.5 Å². The van der Waals surface area contributed by atoms with E-state index in [1.54, 1.807) is 36.4 Å². The van der Waals surface area contributed by atoms with Crippen LogP contribution in [0.15, 0.2) is 47.6 Å². The number of anilines is 1. The van der Waals surface area contributed by atoms with Crippen molar-refractivity contribution in [1.82, 2.24) is 0 Å². The molecule has 0 saturated carbocycles. The SMILES string of the molecule is Cc1ccc(C(=O)c2ccc(NN=C(C#N)C#N)cc2)cc1C. The highest BCUT2D eigenvalue weighted by atomic mass is 16.1. The van der Waals surface area contributed by atoms with Crippen LogP contribution >= 0.6 is 0 Å². The van der Waals surface area contributed by atoms with Gasteiger partial charge in [0.1, 0.15) is 12.1 Å². The lowest BCUT2D eigenvalue weighted by molar-refractivity contribution is 0.103. The summed E-state index contributed by atoms with van der Waals surface area (Å²) in [6, 6.07) is 15.6. The van der Waals surface area contributed by atoms with Crippen molar-refractivity contribution < 1.29 is 4.79 Å².